The molecule has 0 aliphatic carbocycles. The Morgan fingerprint density at radius 3 is 2.64 bits per heavy atom. The van der Waals surface area contributed by atoms with Gasteiger partial charge in [-0.3, -0.25) is 0 Å². The molecule has 1 aromatic rings. The minimum Gasteiger partial charge on any atom is -0.380 e. The number of aromatic nitrogens is 1. The van der Waals surface area contributed by atoms with Crippen molar-refractivity contribution in [2.75, 3.05) is 7.11 Å². The van der Waals surface area contributed by atoms with Crippen LogP contribution in [-0.4, -0.2) is 12.1 Å². The van der Waals surface area contributed by atoms with Crippen molar-refractivity contribution < 1.29 is 17.9 Å². The SMILES string of the molecule is COCc1cnc(Cl)cc1C(F)(F)F. The molecule has 0 N–H and O–H groups in total. The van der Waals surface area contributed by atoms with Crippen LogP contribution in [0.4, 0.5) is 13.2 Å². The summed E-state index contributed by atoms with van der Waals surface area (Å²) in [7, 11) is 1.31. The quantitative estimate of drug-likeness (QED) is 0.722. The molecule has 6 heteroatoms. The third kappa shape index (κ3) is 2.59. The van der Waals surface area contributed by atoms with Crippen LogP contribution in [0.5, 0.6) is 0 Å². The normalized spacial score (nSPS) is 11.8. The summed E-state index contributed by atoms with van der Waals surface area (Å²) in [4.78, 5) is 3.56. The van der Waals surface area contributed by atoms with Crippen molar-refractivity contribution >= 4 is 11.6 Å². The van der Waals surface area contributed by atoms with Gasteiger partial charge in [-0.25, -0.2) is 4.98 Å². The number of nitrogens with zero attached hydrogens (tertiary/aromatic N) is 1. The van der Waals surface area contributed by atoms with Gasteiger partial charge in [0.15, 0.2) is 0 Å². The Balaban J connectivity index is 3.16. The van der Waals surface area contributed by atoms with Crippen molar-refractivity contribution in [3.8, 4) is 0 Å². The number of halogens is 4. The molecule has 0 aliphatic rings. The average molecular weight is 226 g/mol. The number of rotatable bonds is 2. The third-order valence-electron chi connectivity index (χ3n) is 1.56. The topological polar surface area (TPSA) is 22.1 Å². The molecule has 0 aromatic carbocycles. The van der Waals surface area contributed by atoms with Gasteiger partial charge in [-0.1, -0.05) is 11.6 Å². The zero-order chi connectivity index (χ0) is 10.8. The van der Waals surface area contributed by atoms with E-state index in [1.165, 1.54) is 7.11 Å². The van der Waals surface area contributed by atoms with Crippen LogP contribution in [-0.2, 0) is 17.5 Å². The molecule has 0 saturated carbocycles. The molecule has 1 rings (SSSR count). The van der Waals surface area contributed by atoms with E-state index in [9.17, 15) is 13.2 Å². The summed E-state index contributed by atoms with van der Waals surface area (Å²) in [5.41, 5.74) is -0.830. The zero-order valence-corrected chi connectivity index (χ0v) is 7.99. The standard InChI is InChI=1S/C8H7ClF3NO/c1-14-4-5-3-13-7(9)2-6(5)8(10,11)12/h2-3H,4H2,1H3. The first kappa shape index (κ1) is 11.3. The molecule has 0 atom stereocenters. The van der Waals surface area contributed by atoms with Crippen molar-refractivity contribution in [3.63, 3.8) is 0 Å². The van der Waals surface area contributed by atoms with Crippen LogP contribution >= 0.6 is 11.6 Å². The van der Waals surface area contributed by atoms with E-state index in [2.05, 4.69) is 9.72 Å². The fourth-order valence-corrected chi connectivity index (χ4v) is 1.15. The molecule has 1 heterocycles. The molecule has 0 unspecified atom stereocenters. The molecule has 0 radical (unpaired) electrons. The monoisotopic (exact) mass is 225 g/mol. The van der Waals surface area contributed by atoms with Crippen LogP contribution < -0.4 is 0 Å². The molecule has 0 saturated heterocycles. The summed E-state index contributed by atoms with van der Waals surface area (Å²) in [5, 5.41) is -0.183. The Morgan fingerprint density at radius 1 is 1.50 bits per heavy atom. The number of hydrogen-bond donors (Lipinski definition) is 0. The maximum Gasteiger partial charge on any atom is 0.416 e. The Labute approximate surface area is 83.7 Å². The third-order valence-corrected chi connectivity index (χ3v) is 1.77. The van der Waals surface area contributed by atoms with E-state index in [0.29, 0.717) is 0 Å². The van der Waals surface area contributed by atoms with Gasteiger partial charge in [0.2, 0.25) is 0 Å². The second-order valence-electron chi connectivity index (χ2n) is 2.59. The molecule has 0 amide bonds. The number of hydrogen-bond acceptors (Lipinski definition) is 2. The van der Waals surface area contributed by atoms with Gasteiger partial charge in [-0.05, 0) is 6.07 Å². The fraction of sp³-hybridized carbons (Fsp3) is 0.375. The zero-order valence-electron chi connectivity index (χ0n) is 7.23. The maximum atomic E-state index is 12.4. The first-order valence-electron chi connectivity index (χ1n) is 3.65. The molecule has 0 bridgehead atoms. The second-order valence-corrected chi connectivity index (χ2v) is 2.98. The van der Waals surface area contributed by atoms with E-state index < -0.39 is 11.7 Å². The van der Waals surface area contributed by atoms with Gasteiger partial charge in [-0.15, -0.1) is 0 Å². The fourth-order valence-electron chi connectivity index (χ4n) is 0.993. The van der Waals surface area contributed by atoms with Gasteiger partial charge in [-0.2, -0.15) is 13.2 Å². The number of ether oxygens (including phenoxy) is 1. The Kier molecular flexibility index (Phi) is 3.34. The number of alkyl halides is 3. The molecule has 78 valence electrons. The number of methoxy groups -OCH3 is 1. The highest BCUT2D eigenvalue weighted by molar-refractivity contribution is 6.29. The van der Waals surface area contributed by atoms with E-state index in [-0.39, 0.29) is 17.3 Å². The van der Waals surface area contributed by atoms with E-state index >= 15 is 0 Å². The summed E-state index contributed by atoms with van der Waals surface area (Å²) in [5.74, 6) is 0. The predicted octanol–water partition coefficient (Wildman–Crippen LogP) is 2.90. The number of pyridine rings is 1. The second kappa shape index (κ2) is 4.14. The van der Waals surface area contributed by atoms with E-state index in [1.54, 1.807) is 0 Å². The van der Waals surface area contributed by atoms with E-state index in [0.717, 1.165) is 12.3 Å². The Hall–Kier alpha value is -0.810. The highest BCUT2D eigenvalue weighted by Crippen LogP contribution is 2.33. The highest BCUT2D eigenvalue weighted by atomic mass is 35.5. The van der Waals surface area contributed by atoms with Crippen LogP contribution in [0, 0.1) is 0 Å². The first-order valence-corrected chi connectivity index (χ1v) is 4.03. The molecular weight excluding hydrogens is 219 g/mol. The summed E-state index contributed by atoms with van der Waals surface area (Å²) >= 11 is 5.37. The van der Waals surface area contributed by atoms with E-state index in [4.69, 9.17) is 11.6 Å². The van der Waals surface area contributed by atoms with Crippen LogP contribution in [0.1, 0.15) is 11.1 Å². The highest BCUT2D eigenvalue weighted by Gasteiger charge is 2.33. The van der Waals surface area contributed by atoms with Crippen molar-refractivity contribution in [2.24, 2.45) is 0 Å². The first-order chi connectivity index (χ1) is 6.45. The van der Waals surface area contributed by atoms with Gasteiger partial charge in [0, 0.05) is 18.9 Å². The summed E-state index contributed by atoms with van der Waals surface area (Å²) in [6.07, 6.45) is -3.37. The van der Waals surface area contributed by atoms with E-state index in [1.807, 2.05) is 0 Å². The lowest BCUT2D eigenvalue weighted by molar-refractivity contribution is -0.138. The van der Waals surface area contributed by atoms with Crippen molar-refractivity contribution in [1.29, 1.82) is 0 Å². The van der Waals surface area contributed by atoms with Crippen LogP contribution in [0.3, 0.4) is 0 Å². The predicted molar refractivity (Wildman–Crippen MR) is 45.0 cm³/mol. The molecule has 0 fully saturated rings. The van der Waals surface area contributed by atoms with Gasteiger partial charge in [0.05, 0.1) is 12.2 Å². The largest absolute Gasteiger partial charge is 0.416 e. The molecule has 0 aliphatic heterocycles. The summed E-state index contributed by atoms with van der Waals surface area (Å²) < 4.78 is 41.8. The van der Waals surface area contributed by atoms with Gasteiger partial charge < -0.3 is 4.74 Å². The van der Waals surface area contributed by atoms with Crippen molar-refractivity contribution in [1.82, 2.24) is 4.98 Å². The van der Waals surface area contributed by atoms with Crippen LogP contribution in [0.2, 0.25) is 5.15 Å². The maximum absolute atomic E-state index is 12.4. The Bertz CT molecular complexity index is 327. The minimum absolute atomic E-state index is 0.0237. The van der Waals surface area contributed by atoms with Gasteiger partial charge in [0.25, 0.3) is 0 Å². The molecule has 14 heavy (non-hydrogen) atoms. The molecule has 2 nitrogen and oxygen atoms in total. The summed E-state index contributed by atoms with van der Waals surface area (Å²) in [6.45, 7) is -0.140. The lowest BCUT2D eigenvalue weighted by Gasteiger charge is -2.11. The van der Waals surface area contributed by atoms with Crippen molar-refractivity contribution in [3.05, 3.63) is 28.5 Å². The van der Waals surface area contributed by atoms with Crippen LogP contribution in [0.25, 0.3) is 0 Å². The van der Waals surface area contributed by atoms with Gasteiger partial charge in [0.1, 0.15) is 5.15 Å². The smallest absolute Gasteiger partial charge is 0.380 e. The van der Waals surface area contributed by atoms with Crippen LogP contribution in [0.15, 0.2) is 12.3 Å². The molecule has 1 aromatic heterocycles. The minimum atomic E-state index is -4.43. The lowest BCUT2D eigenvalue weighted by Crippen LogP contribution is -2.10. The van der Waals surface area contributed by atoms with Crippen molar-refractivity contribution in [2.45, 2.75) is 12.8 Å². The van der Waals surface area contributed by atoms with Gasteiger partial charge >= 0.3 is 6.18 Å². The Morgan fingerprint density at radius 2 is 2.14 bits per heavy atom. The molecular formula is C8H7ClF3NO. The molecule has 0 spiro atoms. The average Bonchev–Trinajstić information content (AvgIpc) is 2.07. The summed E-state index contributed by atoms with van der Waals surface area (Å²) in [6, 6.07) is 0.788. The lowest BCUT2D eigenvalue weighted by atomic mass is 10.1.